The predicted molar refractivity (Wildman–Crippen MR) is 81.8 cm³/mol. The average Bonchev–Trinajstić information content (AvgIpc) is 2.38. The lowest BCUT2D eigenvalue weighted by Crippen LogP contribution is -2.29. The lowest BCUT2D eigenvalue weighted by molar-refractivity contribution is 0.637. The molecule has 0 aliphatic carbocycles. The molecule has 0 heterocycles. The fourth-order valence-electron chi connectivity index (χ4n) is 1.89. The van der Waals surface area contributed by atoms with Crippen LogP contribution in [-0.4, -0.2) is 0 Å². The van der Waals surface area contributed by atoms with Crippen LogP contribution in [0.3, 0.4) is 0 Å². The maximum absolute atomic E-state index is 6.20. The van der Waals surface area contributed by atoms with Crippen molar-refractivity contribution in [2.75, 3.05) is 0 Å². The number of hydrogen-bond donors (Lipinski definition) is 2. The predicted octanol–water partition coefficient (Wildman–Crippen LogP) is 4.51. The maximum atomic E-state index is 6.20. The second-order valence-corrected chi connectivity index (χ2v) is 5.52. The summed E-state index contributed by atoms with van der Waals surface area (Å²) in [6.45, 7) is 1.95. The Morgan fingerprint density at radius 2 is 1.74 bits per heavy atom. The SMILES string of the molecule is Cc1ccc(C(NN)c2cc(Cl)ccc2Cl)cc1Cl. The highest BCUT2D eigenvalue weighted by Gasteiger charge is 2.16. The number of nitrogens with two attached hydrogens (primary N) is 1. The quantitative estimate of drug-likeness (QED) is 0.646. The normalized spacial score (nSPS) is 12.5. The number of rotatable bonds is 3. The fourth-order valence-corrected chi connectivity index (χ4v) is 2.49. The molecular weight excluding hydrogens is 303 g/mol. The molecule has 2 nitrogen and oxygen atoms in total. The van der Waals surface area contributed by atoms with Gasteiger partial charge >= 0.3 is 0 Å². The van der Waals surface area contributed by atoms with Crippen molar-refractivity contribution in [1.29, 1.82) is 0 Å². The zero-order valence-electron chi connectivity index (χ0n) is 10.3. The van der Waals surface area contributed by atoms with Crippen LogP contribution in [0, 0.1) is 6.92 Å². The summed E-state index contributed by atoms with van der Waals surface area (Å²) < 4.78 is 0. The first-order valence-corrected chi connectivity index (χ1v) is 6.83. The van der Waals surface area contributed by atoms with Crippen molar-refractivity contribution in [3.8, 4) is 0 Å². The van der Waals surface area contributed by atoms with Crippen molar-refractivity contribution in [2.24, 2.45) is 5.84 Å². The Labute approximate surface area is 127 Å². The summed E-state index contributed by atoms with van der Waals surface area (Å²) in [6.07, 6.45) is 0. The summed E-state index contributed by atoms with van der Waals surface area (Å²) in [4.78, 5) is 0. The molecule has 2 aromatic rings. The molecule has 2 aromatic carbocycles. The van der Waals surface area contributed by atoms with Gasteiger partial charge in [-0.25, -0.2) is 5.43 Å². The lowest BCUT2D eigenvalue weighted by atomic mass is 9.98. The molecule has 2 rings (SSSR count). The number of benzene rings is 2. The van der Waals surface area contributed by atoms with Gasteiger partial charge in [0.25, 0.3) is 0 Å². The molecule has 0 saturated heterocycles. The monoisotopic (exact) mass is 314 g/mol. The molecule has 1 atom stereocenters. The van der Waals surface area contributed by atoms with E-state index < -0.39 is 0 Å². The minimum atomic E-state index is -0.260. The Morgan fingerprint density at radius 3 is 2.37 bits per heavy atom. The van der Waals surface area contributed by atoms with E-state index in [-0.39, 0.29) is 6.04 Å². The highest BCUT2D eigenvalue weighted by Crippen LogP contribution is 2.31. The third-order valence-electron chi connectivity index (χ3n) is 2.96. The van der Waals surface area contributed by atoms with E-state index in [1.165, 1.54) is 0 Å². The minimum absolute atomic E-state index is 0.260. The van der Waals surface area contributed by atoms with Gasteiger partial charge in [-0.3, -0.25) is 5.84 Å². The Bertz CT molecular complexity index is 599. The first-order chi connectivity index (χ1) is 9.02. The summed E-state index contributed by atoms with van der Waals surface area (Å²) in [5, 5.41) is 1.90. The molecule has 100 valence electrons. The van der Waals surface area contributed by atoms with Gasteiger partial charge in [0.05, 0.1) is 6.04 Å². The van der Waals surface area contributed by atoms with Gasteiger partial charge in [0.15, 0.2) is 0 Å². The van der Waals surface area contributed by atoms with Crippen LogP contribution < -0.4 is 11.3 Å². The van der Waals surface area contributed by atoms with E-state index in [2.05, 4.69) is 5.43 Å². The van der Waals surface area contributed by atoms with Gasteiger partial charge in [0.1, 0.15) is 0 Å². The molecule has 0 fully saturated rings. The van der Waals surface area contributed by atoms with E-state index in [1.807, 2.05) is 25.1 Å². The number of nitrogens with one attached hydrogen (secondary N) is 1. The van der Waals surface area contributed by atoms with Crippen molar-refractivity contribution in [1.82, 2.24) is 5.43 Å². The molecule has 0 amide bonds. The first kappa shape index (κ1) is 14.6. The van der Waals surface area contributed by atoms with Crippen molar-refractivity contribution in [3.05, 3.63) is 68.2 Å². The third kappa shape index (κ3) is 3.22. The minimum Gasteiger partial charge on any atom is -0.271 e. The fraction of sp³-hybridized carbons (Fsp3) is 0.143. The molecule has 3 N–H and O–H groups in total. The van der Waals surface area contributed by atoms with Crippen molar-refractivity contribution < 1.29 is 0 Å². The van der Waals surface area contributed by atoms with E-state index in [0.29, 0.717) is 15.1 Å². The van der Waals surface area contributed by atoms with Gasteiger partial charge in [0, 0.05) is 15.1 Å². The molecule has 0 bridgehead atoms. The molecule has 0 aliphatic rings. The van der Waals surface area contributed by atoms with Crippen LogP contribution >= 0.6 is 34.8 Å². The molecular formula is C14H13Cl3N2. The number of hydrogen-bond acceptors (Lipinski definition) is 2. The number of aryl methyl sites for hydroxylation is 1. The highest BCUT2D eigenvalue weighted by atomic mass is 35.5. The van der Waals surface area contributed by atoms with Gasteiger partial charge in [-0.1, -0.05) is 46.9 Å². The molecule has 0 aliphatic heterocycles. The van der Waals surface area contributed by atoms with Crippen LogP contribution in [0.5, 0.6) is 0 Å². The molecule has 0 spiro atoms. The van der Waals surface area contributed by atoms with Gasteiger partial charge in [0.2, 0.25) is 0 Å². The Hall–Kier alpha value is -0.770. The van der Waals surface area contributed by atoms with E-state index in [9.17, 15) is 0 Å². The average molecular weight is 316 g/mol. The Kier molecular flexibility index (Phi) is 4.71. The van der Waals surface area contributed by atoms with Crippen LogP contribution in [0.2, 0.25) is 15.1 Å². The number of halogens is 3. The molecule has 5 heteroatoms. The second kappa shape index (κ2) is 6.12. The van der Waals surface area contributed by atoms with Gasteiger partial charge in [-0.05, 0) is 47.9 Å². The largest absolute Gasteiger partial charge is 0.271 e. The topological polar surface area (TPSA) is 38.0 Å². The summed E-state index contributed by atoms with van der Waals surface area (Å²) >= 11 is 18.4. The molecule has 1 unspecified atom stereocenters. The molecule has 0 aromatic heterocycles. The summed E-state index contributed by atoms with van der Waals surface area (Å²) in [5.74, 6) is 5.65. The van der Waals surface area contributed by atoms with E-state index in [1.54, 1.807) is 18.2 Å². The summed E-state index contributed by atoms with van der Waals surface area (Å²) in [7, 11) is 0. The van der Waals surface area contributed by atoms with Crippen LogP contribution in [0.4, 0.5) is 0 Å². The smallest absolute Gasteiger partial charge is 0.0725 e. The second-order valence-electron chi connectivity index (χ2n) is 4.27. The van der Waals surface area contributed by atoms with Crippen molar-refractivity contribution >= 4 is 34.8 Å². The van der Waals surface area contributed by atoms with Crippen LogP contribution in [-0.2, 0) is 0 Å². The molecule has 0 radical (unpaired) electrons. The Morgan fingerprint density at radius 1 is 1.00 bits per heavy atom. The van der Waals surface area contributed by atoms with E-state index in [4.69, 9.17) is 40.6 Å². The maximum Gasteiger partial charge on any atom is 0.0725 e. The van der Waals surface area contributed by atoms with Gasteiger partial charge < -0.3 is 0 Å². The van der Waals surface area contributed by atoms with Crippen molar-refractivity contribution in [2.45, 2.75) is 13.0 Å². The first-order valence-electron chi connectivity index (χ1n) is 5.70. The van der Waals surface area contributed by atoms with Gasteiger partial charge in [-0.2, -0.15) is 0 Å². The third-order valence-corrected chi connectivity index (χ3v) is 3.95. The summed E-state index contributed by atoms with van der Waals surface area (Å²) in [5.41, 5.74) is 5.51. The van der Waals surface area contributed by atoms with Crippen LogP contribution in [0.1, 0.15) is 22.7 Å². The zero-order chi connectivity index (χ0) is 14.0. The van der Waals surface area contributed by atoms with Crippen LogP contribution in [0.25, 0.3) is 0 Å². The number of hydrazine groups is 1. The lowest BCUT2D eigenvalue weighted by Gasteiger charge is -2.19. The van der Waals surface area contributed by atoms with Gasteiger partial charge in [-0.15, -0.1) is 0 Å². The zero-order valence-corrected chi connectivity index (χ0v) is 12.5. The molecule has 19 heavy (non-hydrogen) atoms. The Balaban J connectivity index is 2.49. The standard InChI is InChI=1S/C14H13Cl3N2/c1-8-2-3-9(6-13(8)17)14(19-18)11-7-10(15)4-5-12(11)16/h2-7,14,19H,18H2,1H3. The highest BCUT2D eigenvalue weighted by molar-refractivity contribution is 6.33. The van der Waals surface area contributed by atoms with Crippen LogP contribution in [0.15, 0.2) is 36.4 Å². The molecule has 0 saturated carbocycles. The summed E-state index contributed by atoms with van der Waals surface area (Å²) in [6, 6.07) is 10.8. The van der Waals surface area contributed by atoms with E-state index in [0.717, 1.165) is 16.7 Å². The van der Waals surface area contributed by atoms with E-state index >= 15 is 0 Å². The van der Waals surface area contributed by atoms with Crippen molar-refractivity contribution in [3.63, 3.8) is 0 Å².